The van der Waals surface area contributed by atoms with Crippen molar-refractivity contribution in [1.29, 1.82) is 0 Å². The highest BCUT2D eigenvalue weighted by Crippen LogP contribution is 2.44. The first-order valence-corrected chi connectivity index (χ1v) is 12.1. The van der Waals surface area contributed by atoms with Gasteiger partial charge < -0.3 is 54.4 Å². The summed E-state index contributed by atoms with van der Waals surface area (Å²) in [5.41, 5.74) is 0.238. The van der Waals surface area contributed by atoms with Crippen molar-refractivity contribution in [2.75, 3.05) is 19.8 Å². The summed E-state index contributed by atoms with van der Waals surface area (Å²) in [7, 11) is 0. The molecule has 0 amide bonds. The number of hydrogen-bond acceptors (Lipinski definition) is 11. The fourth-order valence-corrected chi connectivity index (χ4v) is 5.24. The molecule has 35 heavy (non-hydrogen) atoms. The molecule has 2 heterocycles. The largest absolute Gasteiger partial charge is 0.393 e. The van der Waals surface area contributed by atoms with Crippen molar-refractivity contribution in [2.45, 2.75) is 108 Å². The molecule has 11 heteroatoms. The number of rotatable bonds is 9. The molecule has 0 spiro atoms. The Hall–Kier alpha value is -0.990. The van der Waals surface area contributed by atoms with Crippen LogP contribution >= 0.6 is 0 Å². The summed E-state index contributed by atoms with van der Waals surface area (Å²) in [6, 6.07) is 0. The number of aliphatic hydroxyl groups is 6. The van der Waals surface area contributed by atoms with E-state index in [4.69, 9.17) is 18.9 Å². The zero-order valence-corrected chi connectivity index (χ0v) is 20.8. The Morgan fingerprint density at radius 3 is 2.37 bits per heavy atom. The number of aliphatic hydroxyl groups excluding tert-OH is 5. The fourth-order valence-electron chi connectivity index (χ4n) is 5.24. The van der Waals surface area contributed by atoms with E-state index in [0.29, 0.717) is 25.7 Å². The van der Waals surface area contributed by atoms with Gasteiger partial charge in [-0.15, -0.1) is 0 Å². The summed E-state index contributed by atoms with van der Waals surface area (Å²) in [5.74, 6) is 0.135. The van der Waals surface area contributed by atoms with E-state index in [1.165, 1.54) is 5.57 Å². The van der Waals surface area contributed by atoms with Gasteiger partial charge >= 0.3 is 0 Å². The minimum Gasteiger partial charge on any atom is -0.393 e. The molecule has 0 bridgehead atoms. The van der Waals surface area contributed by atoms with Crippen LogP contribution in [0.5, 0.6) is 0 Å². The summed E-state index contributed by atoms with van der Waals surface area (Å²) >= 11 is 0. The molecule has 0 saturated carbocycles. The lowest BCUT2D eigenvalue weighted by molar-refractivity contribution is -0.320. The zero-order chi connectivity index (χ0) is 26.1. The van der Waals surface area contributed by atoms with E-state index in [0.717, 1.165) is 5.57 Å². The topological polar surface area (TPSA) is 175 Å². The lowest BCUT2D eigenvalue weighted by atomic mass is 9.70. The van der Waals surface area contributed by atoms with Gasteiger partial charge in [-0.3, -0.25) is 0 Å². The molecule has 202 valence electrons. The third-order valence-electron chi connectivity index (χ3n) is 7.33. The van der Waals surface area contributed by atoms with E-state index in [1.807, 2.05) is 6.92 Å². The maximum Gasteiger partial charge on any atom is 0.186 e. The predicted molar refractivity (Wildman–Crippen MR) is 121 cm³/mol. The third-order valence-corrected chi connectivity index (χ3v) is 7.33. The van der Waals surface area contributed by atoms with E-state index in [2.05, 4.69) is 13.8 Å². The molecule has 2 aliphatic heterocycles. The number of carbonyl (C=O) groups is 1. The molecule has 0 aromatic heterocycles. The van der Waals surface area contributed by atoms with Gasteiger partial charge in [-0.05, 0) is 38.5 Å². The first-order chi connectivity index (χ1) is 16.3. The summed E-state index contributed by atoms with van der Waals surface area (Å²) in [6.07, 6.45) is -7.67. The Morgan fingerprint density at radius 1 is 1.11 bits per heavy atom. The van der Waals surface area contributed by atoms with Crippen molar-refractivity contribution < 1.29 is 54.4 Å². The molecular weight excluding hydrogens is 464 g/mol. The highest BCUT2D eigenvalue weighted by molar-refractivity contribution is 5.75. The minimum atomic E-state index is -1.86. The van der Waals surface area contributed by atoms with Crippen molar-refractivity contribution in [2.24, 2.45) is 5.41 Å². The fraction of sp³-hybridized carbons (Fsp3) is 0.875. The van der Waals surface area contributed by atoms with Gasteiger partial charge in [0.05, 0.1) is 25.9 Å². The van der Waals surface area contributed by atoms with E-state index in [1.54, 1.807) is 6.92 Å². The summed E-state index contributed by atoms with van der Waals surface area (Å²) in [4.78, 5) is 11.5. The first kappa shape index (κ1) is 28.6. The molecule has 0 radical (unpaired) electrons. The van der Waals surface area contributed by atoms with Crippen LogP contribution in [0.1, 0.15) is 53.4 Å². The average Bonchev–Trinajstić information content (AvgIpc) is 3.06. The summed E-state index contributed by atoms with van der Waals surface area (Å²) < 4.78 is 22.4. The molecule has 3 aliphatic rings. The van der Waals surface area contributed by atoms with Crippen LogP contribution in [0, 0.1) is 5.41 Å². The quantitative estimate of drug-likeness (QED) is 0.216. The van der Waals surface area contributed by atoms with Gasteiger partial charge in [0, 0.05) is 6.42 Å². The second-order valence-electron chi connectivity index (χ2n) is 10.7. The predicted octanol–water partition coefficient (Wildman–Crippen LogP) is -0.858. The second kappa shape index (κ2) is 11.2. The van der Waals surface area contributed by atoms with Gasteiger partial charge in [0.1, 0.15) is 41.9 Å². The van der Waals surface area contributed by atoms with Crippen LogP contribution in [0.25, 0.3) is 0 Å². The van der Waals surface area contributed by atoms with Gasteiger partial charge in [-0.2, -0.15) is 0 Å². The Bertz CT molecular complexity index is 783. The monoisotopic (exact) mass is 504 g/mol. The first-order valence-electron chi connectivity index (χ1n) is 12.1. The maximum atomic E-state index is 11.5. The van der Waals surface area contributed by atoms with Crippen molar-refractivity contribution in [1.82, 2.24) is 0 Å². The Kier molecular flexibility index (Phi) is 9.13. The summed E-state index contributed by atoms with van der Waals surface area (Å²) in [6.45, 7) is 6.34. The lowest BCUT2D eigenvalue weighted by Gasteiger charge is -2.44. The number of carbonyl (C=O) groups excluding carboxylic acids is 1. The highest BCUT2D eigenvalue weighted by atomic mass is 16.7. The van der Waals surface area contributed by atoms with Crippen LogP contribution in [-0.4, -0.2) is 111 Å². The maximum absolute atomic E-state index is 11.5. The number of ether oxygens (including phenoxy) is 4. The third kappa shape index (κ3) is 6.30. The number of Topliss-reactive ketones (excluding diaryl/α,β-unsaturated/α-hetero) is 1. The summed E-state index contributed by atoms with van der Waals surface area (Å²) in [5, 5.41) is 60.7. The number of ketones is 1. The van der Waals surface area contributed by atoms with Crippen molar-refractivity contribution in [3.05, 3.63) is 11.1 Å². The van der Waals surface area contributed by atoms with Gasteiger partial charge in [-0.1, -0.05) is 25.0 Å². The molecule has 11 nitrogen and oxygen atoms in total. The van der Waals surface area contributed by atoms with Crippen LogP contribution in [0.4, 0.5) is 0 Å². The molecule has 0 aromatic carbocycles. The van der Waals surface area contributed by atoms with Crippen molar-refractivity contribution >= 4 is 5.78 Å². The Morgan fingerprint density at radius 2 is 1.80 bits per heavy atom. The molecule has 2 fully saturated rings. The van der Waals surface area contributed by atoms with Crippen molar-refractivity contribution in [3.63, 3.8) is 0 Å². The molecular formula is C24H40O11. The van der Waals surface area contributed by atoms with Gasteiger partial charge in [0.25, 0.3) is 0 Å². The van der Waals surface area contributed by atoms with E-state index in [9.17, 15) is 35.4 Å². The molecule has 2 saturated heterocycles. The van der Waals surface area contributed by atoms with Crippen LogP contribution in [0.15, 0.2) is 11.1 Å². The number of hydrogen-bond donors (Lipinski definition) is 6. The normalized spacial score (nSPS) is 41.9. The zero-order valence-electron chi connectivity index (χ0n) is 20.8. The van der Waals surface area contributed by atoms with E-state index >= 15 is 0 Å². The van der Waals surface area contributed by atoms with E-state index in [-0.39, 0.29) is 30.5 Å². The van der Waals surface area contributed by atoms with Gasteiger partial charge in [-0.25, -0.2) is 0 Å². The average molecular weight is 505 g/mol. The van der Waals surface area contributed by atoms with Crippen LogP contribution in [0.2, 0.25) is 0 Å². The number of allylic oxidation sites excluding steroid dienone is 1. The van der Waals surface area contributed by atoms with Crippen LogP contribution in [-0.2, 0) is 23.7 Å². The van der Waals surface area contributed by atoms with Gasteiger partial charge in [0.15, 0.2) is 12.6 Å². The van der Waals surface area contributed by atoms with Crippen LogP contribution < -0.4 is 0 Å². The molecule has 6 N–H and O–H groups in total. The highest BCUT2D eigenvalue weighted by Gasteiger charge is 2.50. The van der Waals surface area contributed by atoms with Crippen molar-refractivity contribution in [3.8, 4) is 0 Å². The standard InChI is InChI=1S/C24H40O11/c1-12-7-14(8-23(3,4)15(12)6-5-13(2)26)34-21-19(29)18(28)17(27)16(35-21)9-32-22-20(30)24(31,10-25)11-33-22/h14,16-22,25,27-31H,5-11H2,1-4H3. The van der Waals surface area contributed by atoms with Crippen LogP contribution in [0.3, 0.4) is 0 Å². The lowest BCUT2D eigenvalue weighted by Crippen LogP contribution is -2.60. The smallest absolute Gasteiger partial charge is 0.186 e. The van der Waals surface area contributed by atoms with E-state index < -0.39 is 55.3 Å². The molecule has 0 aromatic rings. The molecule has 9 unspecified atom stereocenters. The Labute approximate surface area is 205 Å². The minimum absolute atomic E-state index is 0.135. The molecule has 1 aliphatic carbocycles. The molecule has 9 atom stereocenters. The SMILES string of the molecule is CC(=O)CCC1=C(C)CC(OC2OC(COC3OCC(O)(CO)C3O)C(O)C(O)C2O)CC1(C)C. The second-order valence-corrected chi connectivity index (χ2v) is 10.7. The van der Waals surface area contributed by atoms with Gasteiger partial charge in [0.2, 0.25) is 0 Å². The molecule has 3 rings (SSSR count). The Balaban J connectivity index is 1.63.